The van der Waals surface area contributed by atoms with Gasteiger partial charge in [-0.3, -0.25) is 14.8 Å². The van der Waals surface area contributed by atoms with Gasteiger partial charge in [0.05, 0.1) is 0 Å². The highest BCUT2D eigenvalue weighted by atomic mass is 16.2. The van der Waals surface area contributed by atoms with Crippen LogP contribution in [0.5, 0.6) is 0 Å². The molecule has 0 saturated carbocycles. The minimum absolute atomic E-state index is 0.225. The van der Waals surface area contributed by atoms with E-state index in [2.05, 4.69) is 13.5 Å². The molecule has 0 bridgehead atoms. The molecule has 68 valence electrons. The predicted octanol–water partition coefficient (Wildman–Crippen LogP) is 1.38. The Morgan fingerprint density at radius 3 is 2.92 bits per heavy atom. The third-order valence-electron chi connectivity index (χ3n) is 2.02. The van der Waals surface area contributed by atoms with Crippen LogP contribution in [-0.4, -0.2) is 29.0 Å². The Labute approximate surface area is 73.6 Å². The molecule has 1 amide bonds. The van der Waals surface area contributed by atoms with E-state index >= 15 is 0 Å². The highest BCUT2D eigenvalue weighted by Gasteiger charge is 2.23. The van der Waals surface area contributed by atoms with E-state index in [9.17, 15) is 4.79 Å². The summed E-state index contributed by atoms with van der Waals surface area (Å²) in [5, 5.41) is 3.70. The van der Waals surface area contributed by atoms with Gasteiger partial charge in [-0.25, -0.2) is 0 Å². The number of amides is 1. The largest absolute Gasteiger partial charge is 0.291 e. The smallest absolute Gasteiger partial charge is 0.241 e. The molecule has 3 heteroatoms. The quantitative estimate of drug-likeness (QED) is 0.633. The minimum Gasteiger partial charge on any atom is -0.291 e. The molecule has 1 heterocycles. The molecular weight excluding hydrogens is 152 g/mol. The van der Waals surface area contributed by atoms with Crippen LogP contribution in [0, 0.1) is 0 Å². The van der Waals surface area contributed by atoms with Crippen LogP contribution in [0.1, 0.15) is 26.2 Å². The van der Waals surface area contributed by atoms with Crippen molar-refractivity contribution in [1.82, 2.24) is 10.0 Å². The zero-order valence-corrected chi connectivity index (χ0v) is 7.62. The average Bonchev–Trinajstić information content (AvgIpc) is 2.47. The first-order chi connectivity index (χ1) is 5.79. The fraction of sp³-hybridized carbons (Fsp3) is 0.667. The Morgan fingerprint density at radius 2 is 2.50 bits per heavy atom. The zero-order valence-electron chi connectivity index (χ0n) is 7.62. The van der Waals surface area contributed by atoms with Crippen molar-refractivity contribution in [3.8, 4) is 0 Å². The van der Waals surface area contributed by atoms with Gasteiger partial charge in [-0.05, 0) is 12.8 Å². The molecule has 0 N–H and O–H groups in total. The maximum Gasteiger partial charge on any atom is 0.241 e. The second-order valence-electron chi connectivity index (χ2n) is 2.97. The molecule has 1 rings (SSSR count). The molecule has 3 nitrogen and oxygen atoms in total. The van der Waals surface area contributed by atoms with Gasteiger partial charge in [-0.2, -0.15) is 0 Å². The Bertz CT molecular complexity index is 179. The van der Waals surface area contributed by atoms with Crippen LogP contribution in [0.3, 0.4) is 0 Å². The first-order valence-corrected chi connectivity index (χ1v) is 4.49. The van der Waals surface area contributed by atoms with Gasteiger partial charge in [0.25, 0.3) is 0 Å². The van der Waals surface area contributed by atoms with E-state index < -0.39 is 0 Å². The summed E-state index contributed by atoms with van der Waals surface area (Å²) in [5.74, 6) is 0.225. The monoisotopic (exact) mass is 168 g/mol. The van der Waals surface area contributed by atoms with E-state index in [4.69, 9.17) is 0 Å². The van der Waals surface area contributed by atoms with E-state index in [1.165, 1.54) is 0 Å². The molecule has 12 heavy (non-hydrogen) atoms. The van der Waals surface area contributed by atoms with E-state index in [1.807, 2.05) is 5.01 Å². The van der Waals surface area contributed by atoms with E-state index in [0.29, 0.717) is 6.42 Å². The van der Waals surface area contributed by atoms with Crippen molar-refractivity contribution in [2.45, 2.75) is 26.2 Å². The molecular formula is C9H16N2O. The Morgan fingerprint density at radius 1 is 1.75 bits per heavy atom. The van der Waals surface area contributed by atoms with Crippen LogP contribution in [0.4, 0.5) is 0 Å². The maximum atomic E-state index is 11.3. The lowest BCUT2D eigenvalue weighted by molar-refractivity contribution is -0.139. The van der Waals surface area contributed by atoms with Crippen LogP contribution in [0.2, 0.25) is 0 Å². The van der Waals surface area contributed by atoms with Crippen molar-refractivity contribution < 1.29 is 4.79 Å². The van der Waals surface area contributed by atoms with Gasteiger partial charge in [0.2, 0.25) is 5.91 Å². The Balaban J connectivity index is 2.52. The van der Waals surface area contributed by atoms with Gasteiger partial charge in [-0.1, -0.05) is 13.5 Å². The Kier molecular flexibility index (Phi) is 3.14. The predicted molar refractivity (Wildman–Crippen MR) is 48.1 cm³/mol. The van der Waals surface area contributed by atoms with Crippen LogP contribution >= 0.6 is 0 Å². The number of nitrogens with zero attached hydrogens (tertiary/aromatic N) is 2. The molecule has 0 aromatic rings. The molecule has 1 aliphatic rings. The van der Waals surface area contributed by atoms with Crippen LogP contribution in [0.15, 0.2) is 12.8 Å². The minimum atomic E-state index is 0.225. The molecule has 0 unspecified atom stereocenters. The van der Waals surface area contributed by atoms with Crippen molar-refractivity contribution in [1.29, 1.82) is 0 Å². The van der Waals surface area contributed by atoms with Gasteiger partial charge >= 0.3 is 0 Å². The standard InChI is InChI=1S/C9H16N2O/c1-3-7-10(4-2)11-8-5-6-9(11)12/h4H,2-3,5-8H2,1H3. The van der Waals surface area contributed by atoms with Crippen LogP contribution in [0.25, 0.3) is 0 Å². The summed E-state index contributed by atoms with van der Waals surface area (Å²) in [6, 6.07) is 0. The SMILES string of the molecule is C=CN(CCC)N1CCCC1=O. The number of hydrogen-bond donors (Lipinski definition) is 0. The molecule has 0 aromatic heterocycles. The van der Waals surface area contributed by atoms with Gasteiger partial charge in [0, 0.05) is 25.7 Å². The second kappa shape index (κ2) is 4.14. The van der Waals surface area contributed by atoms with Crippen molar-refractivity contribution >= 4 is 5.91 Å². The maximum absolute atomic E-state index is 11.3. The summed E-state index contributed by atoms with van der Waals surface area (Å²) in [7, 11) is 0. The molecule has 1 aliphatic heterocycles. The number of carbonyl (C=O) groups is 1. The topological polar surface area (TPSA) is 23.6 Å². The molecule has 1 saturated heterocycles. The molecule has 0 atom stereocenters. The number of carbonyl (C=O) groups excluding carboxylic acids is 1. The van der Waals surface area contributed by atoms with Gasteiger partial charge in [0.15, 0.2) is 0 Å². The summed E-state index contributed by atoms with van der Waals surface area (Å²) in [5.41, 5.74) is 0. The van der Waals surface area contributed by atoms with Gasteiger partial charge < -0.3 is 0 Å². The van der Waals surface area contributed by atoms with Crippen molar-refractivity contribution in [3.05, 3.63) is 12.8 Å². The van der Waals surface area contributed by atoms with Gasteiger partial charge in [0.1, 0.15) is 0 Å². The number of hydrazine groups is 1. The fourth-order valence-corrected chi connectivity index (χ4v) is 1.45. The van der Waals surface area contributed by atoms with Gasteiger partial charge in [-0.15, -0.1) is 0 Å². The number of rotatable bonds is 4. The summed E-state index contributed by atoms with van der Waals surface area (Å²) in [4.78, 5) is 11.3. The summed E-state index contributed by atoms with van der Waals surface area (Å²) < 4.78 is 0. The highest BCUT2D eigenvalue weighted by Crippen LogP contribution is 2.13. The van der Waals surface area contributed by atoms with Crippen LogP contribution in [-0.2, 0) is 4.79 Å². The molecule has 0 aromatic carbocycles. The third kappa shape index (κ3) is 1.78. The Hall–Kier alpha value is -0.990. The van der Waals surface area contributed by atoms with Crippen molar-refractivity contribution in [2.75, 3.05) is 13.1 Å². The lowest BCUT2D eigenvalue weighted by Gasteiger charge is -2.29. The van der Waals surface area contributed by atoms with E-state index in [0.717, 1.165) is 25.9 Å². The first kappa shape index (κ1) is 9.10. The van der Waals surface area contributed by atoms with E-state index in [-0.39, 0.29) is 5.91 Å². The van der Waals surface area contributed by atoms with Crippen molar-refractivity contribution in [3.63, 3.8) is 0 Å². The second-order valence-corrected chi connectivity index (χ2v) is 2.97. The fourth-order valence-electron chi connectivity index (χ4n) is 1.45. The summed E-state index contributed by atoms with van der Waals surface area (Å²) >= 11 is 0. The third-order valence-corrected chi connectivity index (χ3v) is 2.02. The summed E-state index contributed by atoms with van der Waals surface area (Å²) in [6.45, 7) is 7.52. The summed E-state index contributed by atoms with van der Waals surface area (Å²) in [6.07, 6.45) is 4.43. The van der Waals surface area contributed by atoms with Crippen molar-refractivity contribution in [2.24, 2.45) is 0 Å². The molecule has 0 aliphatic carbocycles. The molecule has 0 radical (unpaired) electrons. The lowest BCUT2D eigenvalue weighted by Crippen LogP contribution is -2.39. The lowest BCUT2D eigenvalue weighted by atomic mass is 10.4. The zero-order chi connectivity index (χ0) is 8.97. The van der Waals surface area contributed by atoms with Crippen LogP contribution < -0.4 is 0 Å². The first-order valence-electron chi connectivity index (χ1n) is 4.49. The average molecular weight is 168 g/mol. The normalized spacial score (nSPS) is 16.8. The number of hydrogen-bond acceptors (Lipinski definition) is 2. The molecule has 1 fully saturated rings. The molecule has 0 spiro atoms. The highest BCUT2D eigenvalue weighted by molar-refractivity contribution is 5.77. The van der Waals surface area contributed by atoms with E-state index in [1.54, 1.807) is 11.2 Å².